The van der Waals surface area contributed by atoms with Crippen LogP contribution >= 0.6 is 22.6 Å². The first-order chi connectivity index (χ1) is 5.11. The average molecular weight is 264 g/mol. The zero-order valence-electron chi connectivity index (χ0n) is 7.06. The molecule has 0 amide bonds. The number of alkyl halides is 1. The van der Waals surface area contributed by atoms with Gasteiger partial charge in [-0.05, 0) is 18.9 Å². The fourth-order valence-electron chi connectivity index (χ4n) is 0.853. The van der Waals surface area contributed by atoms with Gasteiger partial charge in [-0.25, -0.2) is 0 Å². The summed E-state index contributed by atoms with van der Waals surface area (Å²) < 4.78 is 0.521. The van der Waals surface area contributed by atoms with Crippen molar-refractivity contribution in [2.45, 2.75) is 30.6 Å². The van der Waals surface area contributed by atoms with Crippen molar-refractivity contribution in [1.29, 1.82) is 0 Å². The lowest BCUT2D eigenvalue weighted by atomic mass is 10.1. The first-order valence-electron chi connectivity index (χ1n) is 3.80. The van der Waals surface area contributed by atoms with Gasteiger partial charge in [0.05, 0.1) is 5.69 Å². The van der Waals surface area contributed by atoms with Gasteiger partial charge in [-0.15, -0.1) is 0 Å². The molecule has 2 nitrogen and oxygen atoms in total. The van der Waals surface area contributed by atoms with Crippen LogP contribution in [0.4, 0.5) is 0 Å². The number of H-pyrrole nitrogens is 1. The molecule has 0 spiro atoms. The van der Waals surface area contributed by atoms with Crippen LogP contribution < -0.4 is 0 Å². The third-order valence-electron chi connectivity index (χ3n) is 1.64. The third kappa shape index (κ3) is 2.18. The zero-order chi connectivity index (χ0) is 8.43. The lowest BCUT2D eigenvalue weighted by molar-refractivity contribution is 0.808. The second-order valence-electron chi connectivity index (χ2n) is 3.02. The molecule has 1 aromatic heterocycles. The van der Waals surface area contributed by atoms with Gasteiger partial charge in [-0.3, -0.25) is 5.10 Å². The van der Waals surface area contributed by atoms with Crippen LogP contribution in [0, 0.1) is 0 Å². The average Bonchev–Trinajstić information content (AvgIpc) is 2.33. The number of aromatic amines is 1. The summed E-state index contributed by atoms with van der Waals surface area (Å²) in [6.45, 7) is 6.45. The van der Waals surface area contributed by atoms with E-state index in [1.807, 2.05) is 0 Å². The standard InChI is InChI=1S/C8H13IN2/c1-5(2)7-4-8(6(3)9)11-10-7/h4-6H,1-3H3,(H,10,11). The monoisotopic (exact) mass is 264 g/mol. The normalized spacial score (nSPS) is 13.9. The van der Waals surface area contributed by atoms with Gasteiger partial charge in [0.15, 0.2) is 0 Å². The molecule has 0 aliphatic rings. The zero-order valence-corrected chi connectivity index (χ0v) is 9.21. The molecule has 0 saturated heterocycles. The van der Waals surface area contributed by atoms with Crippen LogP contribution in [0.25, 0.3) is 0 Å². The Bertz CT molecular complexity index is 205. The molecule has 1 atom stereocenters. The highest BCUT2D eigenvalue weighted by Gasteiger charge is 2.07. The molecule has 1 rings (SSSR count). The molecular weight excluding hydrogens is 251 g/mol. The summed E-state index contributed by atoms with van der Waals surface area (Å²) in [5, 5.41) is 7.24. The Hall–Kier alpha value is -0.0600. The Labute approximate surface area is 80.9 Å². The third-order valence-corrected chi connectivity index (χ3v) is 2.31. The van der Waals surface area contributed by atoms with Crippen molar-refractivity contribution >= 4 is 22.6 Å². The molecular formula is C8H13IN2. The second kappa shape index (κ2) is 3.56. The Morgan fingerprint density at radius 2 is 2.09 bits per heavy atom. The number of aromatic nitrogens is 2. The number of hydrogen-bond acceptors (Lipinski definition) is 1. The summed E-state index contributed by atoms with van der Waals surface area (Å²) in [5.74, 6) is 0.523. The lowest BCUT2D eigenvalue weighted by Gasteiger charge is -1.96. The van der Waals surface area contributed by atoms with E-state index in [4.69, 9.17) is 0 Å². The summed E-state index contributed by atoms with van der Waals surface area (Å²) in [5.41, 5.74) is 2.37. The van der Waals surface area contributed by atoms with Crippen molar-refractivity contribution in [3.63, 3.8) is 0 Å². The van der Waals surface area contributed by atoms with E-state index in [-0.39, 0.29) is 0 Å². The van der Waals surface area contributed by atoms with E-state index in [2.05, 4.69) is 59.6 Å². The van der Waals surface area contributed by atoms with Crippen molar-refractivity contribution in [3.8, 4) is 0 Å². The number of nitrogens with one attached hydrogen (secondary N) is 1. The molecule has 0 aromatic carbocycles. The van der Waals surface area contributed by atoms with Crippen LogP contribution in [0.2, 0.25) is 0 Å². The predicted molar refractivity (Wildman–Crippen MR) is 55.1 cm³/mol. The van der Waals surface area contributed by atoms with Gasteiger partial charge < -0.3 is 0 Å². The first-order valence-corrected chi connectivity index (χ1v) is 5.05. The largest absolute Gasteiger partial charge is 0.281 e. The maximum Gasteiger partial charge on any atom is 0.0650 e. The highest BCUT2D eigenvalue weighted by Crippen LogP contribution is 2.22. The molecule has 0 radical (unpaired) electrons. The van der Waals surface area contributed by atoms with Crippen molar-refractivity contribution in [2.75, 3.05) is 0 Å². The number of rotatable bonds is 2. The van der Waals surface area contributed by atoms with Crippen molar-refractivity contribution < 1.29 is 0 Å². The summed E-state index contributed by atoms with van der Waals surface area (Å²) in [6, 6.07) is 2.14. The van der Waals surface area contributed by atoms with Crippen LogP contribution in [0.5, 0.6) is 0 Å². The molecule has 1 N–H and O–H groups in total. The molecule has 1 heterocycles. The van der Waals surface area contributed by atoms with Gasteiger partial charge in [-0.1, -0.05) is 36.4 Å². The maximum absolute atomic E-state index is 4.21. The minimum atomic E-state index is 0.521. The summed E-state index contributed by atoms with van der Waals surface area (Å²) >= 11 is 2.37. The number of hydrogen-bond donors (Lipinski definition) is 1. The van der Waals surface area contributed by atoms with E-state index in [0.29, 0.717) is 9.84 Å². The molecule has 62 valence electrons. The minimum absolute atomic E-state index is 0.521. The van der Waals surface area contributed by atoms with E-state index >= 15 is 0 Å². The fourth-order valence-corrected chi connectivity index (χ4v) is 1.17. The first kappa shape index (κ1) is 9.03. The minimum Gasteiger partial charge on any atom is -0.281 e. The molecule has 0 fully saturated rings. The second-order valence-corrected chi connectivity index (χ2v) is 4.89. The van der Waals surface area contributed by atoms with Crippen LogP contribution in [-0.2, 0) is 0 Å². The lowest BCUT2D eigenvalue weighted by Crippen LogP contribution is -1.85. The van der Waals surface area contributed by atoms with Crippen molar-refractivity contribution in [2.24, 2.45) is 0 Å². The van der Waals surface area contributed by atoms with Gasteiger partial charge in [0.25, 0.3) is 0 Å². The molecule has 1 aromatic rings. The van der Waals surface area contributed by atoms with E-state index in [9.17, 15) is 0 Å². The Kier molecular flexibility index (Phi) is 2.92. The Balaban J connectivity index is 2.82. The maximum atomic E-state index is 4.21. The van der Waals surface area contributed by atoms with Gasteiger partial charge in [0, 0.05) is 9.62 Å². The molecule has 0 saturated carbocycles. The van der Waals surface area contributed by atoms with Crippen LogP contribution in [0.15, 0.2) is 6.07 Å². The molecule has 0 aliphatic carbocycles. The summed E-state index contributed by atoms with van der Waals surface area (Å²) in [4.78, 5) is 0. The highest BCUT2D eigenvalue weighted by atomic mass is 127. The number of nitrogens with zero attached hydrogens (tertiary/aromatic N) is 1. The van der Waals surface area contributed by atoms with Gasteiger partial charge in [0.2, 0.25) is 0 Å². The highest BCUT2D eigenvalue weighted by molar-refractivity contribution is 14.1. The van der Waals surface area contributed by atoms with Crippen molar-refractivity contribution in [3.05, 3.63) is 17.5 Å². The number of halogens is 1. The van der Waals surface area contributed by atoms with Crippen LogP contribution in [-0.4, -0.2) is 10.2 Å². The van der Waals surface area contributed by atoms with Gasteiger partial charge >= 0.3 is 0 Å². The predicted octanol–water partition coefficient (Wildman–Crippen LogP) is 3.03. The smallest absolute Gasteiger partial charge is 0.0650 e. The summed E-state index contributed by atoms with van der Waals surface area (Å²) in [6.07, 6.45) is 0. The molecule has 11 heavy (non-hydrogen) atoms. The Morgan fingerprint density at radius 3 is 2.36 bits per heavy atom. The van der Waals surface area contributed by atoms with Gasteiger partial charge in [-0.2, -0.15) is 5.10 Å². The van der Waals surface area contributed by atoms with E-state index < -0.39 is 0 Å². The molecule has 0 bridgehead atoms. The van der Waals surface area contributed by atoms with Crippen LogP contribution in [0.1, 0.15) is 42.0 Å². The van der Waals surface area contributed by atoms with E-state index in [0.717, 1.165) is 5.69 Å². The SMILES string of the molecule is CC(C)c1cc(C(C)I)[nH]n1. The fraction of sp³-hybridized carbons (Fsp3) is 0.625. The topological polar surface area (TPSA) is 28.7 Å². The summed E-state index contributed by atoms with van der Waals surface area (Å²) in [7, 11) is 0. The van der Waals surface area contributed by atoms with E-state index in [1.54, 1.807) is 0 Å². The molecule has 3 heteroatoms. The quantitative estimate of drug-likeness (QED) is 0.645. The van der Waals surface area contributed by atoms with E-state index in [1.165, 1.54) is 5.69 Å². The molecule has 1 unspecified atom stereocenters. The van der Waals surface area contributed by atoms with Crippen molar-refractivity contribution in [1.82, 2.24) is 10.2 Å². The van der Waals surface area contributed by atoms with Gasteiger partial charge in [0.1, 0.15) is 0 Å². The Morgan fingerprint density at radius 1 is 1.45 bits per heavy atom. The molecule has 0 aliphatic heterocycles. The van der Waals surface area contributed by atoms with Crippen LogP contribution in [0.3, 0.4) is 0 Å².